The Morgan fingerprint density at radius 3 is 2.58 bits per heavy atom. The summed E-state index contributed by atoms with van der Waals surface area (Å²) in [5, 5.41) is 4.41. The van der Waals surface area contributed by atoms with Crippen molar-refractivity contribution in [2.45, 2.75) is 57.4 Å². The Morgan fingerprint density at radius 1 is 1.03 bits per heavy atom. The third-order valence-electron chi connectivity index (χ3n) is 7.79. The van der Waals surface area contributed by atoms with Gasteiger partial charge in [0.2, 0.25) is 5.91 Å². The van der Waals surface area contributed by atoms with E-state index >= 15 is 0 Å². The molecule has 3 heterocycles. The summed E-state index contributed by atoms with van der Waals surface area (Å²) >= 11 is 0. The molecular weight excluding hydrogens is 414 g/mol. The third-order valence-corrected chi connectivity index (χ3v) is 7.79. The molecule has 1 aromatic heterocycles. The summed E-state index contributed by atoms with van der Waals surface area (Å²) in [6.45, 7) is 3.77. The molecule has 1 aromatic carbocycles. The fourth-order valence-corrected chi connectivity index (χ4v) is 5.84. The van der Waals surface area contributed by atoms with Crippen LogP contribution in [0.3, 0.4) is 0 Å². The van der Waals surface area contributed by atoms with Crippen LogP contribution in [0, 0.1) is 5.92 Å². The molecule has 7 heteroatoms. The number of urea groups is 1. The normalized spacial score (nSPS) is 21.2. The Hall–Kier alpha value is -2.67. The van der Waals surface area contributed by atoms with Crippen molar-refractivity contribution >= 4 is 34.1 Å². The summed E-state index contributed by atoms with van der Waals surface area (Å²) in [5.41, 5.74) is 1.97. The molecule has 2 saturated heterocycles. The second-order valence-corrected chi connectivity index (χ2v) is 9.98. The molecule has 2 aliphatic heterocycles. The van der Waals surface area contributed by atoms with E-state index < -0.39 is 0 Å². The molecule has 1 aliphatic carbocycles. The van der Waals surface area contributed by atoms with E-state index in [0.717, 1.165) is 35.5 Å². The van der Waals surface area contributed by atoms with Crippen molar-refractivity contribution < 1.29 is 9.59 Å². The summed E-state index contributed by atoms with van der Waals surface area (Å²) in [6, 6.07) is 6.74. The van der Waals surface area contributed by atoms with Crippen molar-refractivity contribution in [3.63, 3.8) is 0 Å². The summed E-state index contributed by atoms with van der Waals surface area (Å²) in [7, 11) is 2.32. The second-order valence-electron chi connectivity index (χ2n) is 9.98. The van der Waals surface area contributed by atoms with E-state index in [1.165, 1.54) is 57.2 Å². The molecule has 2 aromatic rings. The molecule has 0 radical (unpaired) electrons. The van der Waals surface area contributed by atoms with Gasteiger partial charge in [-0.15, -0.1) is 0 Å². The van der Waals surface area contributed by atoms with Crippen molar-refractivity contribution in [2.75, 3.05) is 43.0 Å². The molecule has 3 fully saturated rings. The molecule has 3 aliphatic rings. The van der Waals surface area contributed by atoms with Crippen LogP contribution in [0.4, 0.5) is 16.2 Å². The minimum atomic E-state index is -0.371. The van der Waals surface area contributed by atoms with E-state index in [9.17, 15) is 9.59 Å². The lowest BCUT2D eigenvalue weighted by Crippen LogP contribution is -2.49. The van der Waals surface area contributed by atoms with Gasteiger partial charge >= 0.3 is 6.03 Å². The van der Waals surface area contributed by atoms with Crippen molar-refractivity contribution in [3.05, 3.63) is 30.6 Å². The van der Waals surface area contributed by atoms with E-state index in [-0.39, 0.29) is 11.9 Å². The molecule has 0 bridgehead atoms. The first kappa shape index (κ1) is 22.1. The van der Waals surface area contributed by atoms with E-state index in [1.54, 1.807) is 11.1 Å². The lowest BCUT2D eigenvalue weighted by molar-refractivity contribution is -0.120. The highest BCUT2D eigenvalue weighted by atomic mass is 16.2. The Morgan fingerprint density at radius 2 is 1.82 bits per heavy atom. The van der Waals surface area contributed by atoms with E-state index in [1.807, 2.05) is 6.20 Å². The highest BCUT2D eigenvalue weighted by Crippen LogP contribution is 2.32. The Bertz CT molecular complexity index is 1010. The number of carbonyl (C=O) groups excluding carboxylic acids is 2. The zero-order chi connectivity index (χ0) is 22.8. The van der Waals surface area contributed by atoms with Gasteiger partial charge in [-0.05, 0) is 50.8 Å². The van der Waals surface area contributed by atoms with Crippen LogP contribution < -0.4 is 15.1 Å². The Kier molecular flexibility index (Phi) is 6.49. The largest absolute Gasteiger partial charge is 0.371 e. The maximum absolute atomic E-state index is 12.3. The van der Waals surface area contributed by atoms with Gasteiger partial charge in [-0.2, -0.15) is 0 Å². The van der Waals surface area contributed by atoms with Crippen LogP contribution in [-0.2, 0) is 4.79 Å². The molecule has 1 saturated carbocycles. The predicted octanol–water partition coefficient (Wildman–Crippen LogP) is 4.16. The van der Waals surface area contributed by atoms with Crippen molar-refractivity contribution in [1.82, 2.24) is 15.2 Å². The monoisotopic (exact) mass is 449 g/mol. The first-order valence-corrected chi connectivity index (χ1v) is 12.5. The van der Waals surface area contributed by atoms with E-state index in [4.69, 9.17) is 0 Å². The second kappa shape index (κ2) is 9.67. The van der Waals surface area contributed by atoms with Crippen LogP contribution in [-0.4, -0.2) is 61.1 Å². The van der Waals surface area contributed by atoms with Crippen LogP contribution in [0.25, 0.3) is 10.8 Å². The highest BCUT2D eigenvalue weighted by molar-refractivity contribution is 6.09. The number of piperidine rings is 1. The molecule has 5 rings (SSSR count). The van der Waals surface area contributed by atoms with Crippen LogP contribution in [0.5, 0.6) is 0 Å². The molecule has 0 unspecified atom stereocenters. The van der Waals surface area contributed by atoms with Gasteiger partial charge in [0, 0.05) is 61.3 Å². The smallest absolute Gasteiger partial charge is 0.328 e. The maximum Gasteiger partial charge on any atom is 0.328 e. The number of imide groups is 1. The Balaban J connectivity index is 1.24. The number of anilines is 2. The number of hydrogen-bond donors (Lipinski definition) is 1. The summed E-state index contributed by atoms with van der Waals surface area (Å²) in [6.07, 6.45) is 13.3. The molecule has 7 nitrogen and oxygen atoms in total. The zero-order valence-corrected chi connectivity index (χ0v) is 19.6. The predicted molar refractivity (Wildman–Crippen MR) is 132 cm³/mol. The van der Waals surface area contributed by atoms with Gasteiger partial charge in [0.1, 0.15) is 0 Å². The van der Waals surface area contributed by atoms with Crippen molar-refractivity contribution in [1.29, 1.82) is 0 Å². The number of pyridine rings is 1. The number of nitrogens with zero attached hydrogens (tertiary/aromatic N) is 4. The number of hydrogen-bond acceptors (Lipinski definition) is 5. The standard InChI is InChI=1S/C26H35N5O2/c1-29(18-19-5-3-2-4-6-19)21-9-12-30(13-10-21)22-7-8-23-20(15-22)16-27-17-24(23)31-14-11-25(32)28-26(31)33/h7-8,15-17,19,21H,2-6,9-14,18H2,1H3,(H,28,32,33). The molecule has 0 atom stereocenters. The summed E-state index contributed by atoms with van der Waals surface area (Å²) in [4.78, 5) is 34.9. The van der Waals surface area contributed by atoms with Gasteiger partial charge in [-0.1, -0.05) is 25.3 Å². The first-order chi connectivity index (χ1) is 16.1. The van der Waals surface area contributed by atoms with Crippen molar-refractivity contribution in [3.8, 4) is 0 Å². The van der Waals surface area contributed by atoms with Crippen LogP contribution in [0.15, 0.2) is 30.6 Å². The van der Waals surface area contributed by atoms with Gasteiger partial charge < -0.3 is 9.80 Å². The molecule has 3 amide bonds. The fourth-order valence-electron chi connectivity index (χ4n) is 5.84. The molecule has 1 N–H and O–H groups in total. The molecular formula is C26H35N5O2. The minimum Gasteiger partial charge on any atom is -0.371 e. The molecule has 176 valence electrons. The van der Waals surface area contributed by atoms with Crippen LogP contribution in [0.2, 0.25) is 0 Å². The average Bonchev–Trinajstić information content (AvgIpc) is 2.84. The van der Waals surface area contributed by atoms with E-state index in [2.05, 4.69) is 45.3 Å². The lowest BCUT2D eigenvalue weighted by Gasteiger charge is -2.39. The fraction of sp³-hybridized carbons (Fsp3) is 0.577. The maximum atomic E-state index is 12.3. The summed E-state index contributed by atoms with van der Waals surface area (Å²) in [5.74, 6) is 0.670. The topological polar surface area (TPSA) is 68.8 Å². The van der Waals surface area contributed by atoms with Gasteiger partial charge in [0.15, 0.2) is 0 Å². The number of amides is 3. The van der Waals surface area contributed by atoms with Gasteiger partial charge in [0.25, 0.3) is 0 Å². The third kappa shape index (κ3) is 4.83. The summed E-state index contributed by atoms with van der Waals surface area (Å²) < 4.78 is 0. The zero-order valence-electron chi connectivity index (χ0n) is 19.6. The first-order valence-electron chi connectivity index (χ1n) is 12.5. The minimum absolute atomic E-state index is 0.223. The van der Waals surface area contributed by atoms with Gasteiger partial charge in [0.05, 0.1) is 11.9 Å². The van der Waals surface area contributed by atoms with Crippen molar-refractivity contribution in [2.24, 2.45) is 5.92 Å². The number of nitrogens with one attached hydrogen (secondary N) is 1. The quantitative estimate of drug-likeness (QED) is 0.742. The molecule has 33 heavy (non-hydrogen) atoms. The number of rotatable bonds is 5. The number of fused-ring (bicyclic) bond motifs is 1. The van der Waals surface area contributed by atoms with Gasteiger partial charge in [-0.25, -0.2) is 4.79 Å². The number of aromatic nitrogens is 1. The highest BCUT2D eigenvalue weighted by Gasteiger charge is 2.27. The molecule has 0 spiro atoms. The number of carbonyl (C=O) groups is 2. The van der Waals surface area contributed by atoms with E-state index in [0.29, 0.717) is 19.0 Å². The van der Waals surface area contributed by atoms with Crippen LogP contribution in [0.1, 0.15) is 51.4 Å². The number of benzene rings is 1. The SMILES string of the molecule is CN(CC1CCCCC1)C1CCN(c2ccc3c(N4CCC(=O)NC4=O)cncc3c2)CC1. The lowest BCUT2D eigenvalue weighted by atomic mass is 9.88. The van der Waals surface area contributed by atoms with Gasteiger partial charge in [-0.3, -0.25) is 20.0 Å². The Labute approximate surface area is 196 Å². The average molecular weight is 450 g/mol. The van der Waals surface area contributed by atoms with Crippen LogP contribution >= 0.6 is 0 Å².